The molecule has 3 aromatic carbocycles. The Hall–Kier alpha value is -1.03. The van der Waals surface area contributed by atoms with Gasteiger partial charge in [0, 0.05) is 78.8 Å². The molecule has 0 saturated heterocycles. The van der Waals surface area contributed by atoms with E-state index in [2.05, 4.69) is 130 Å². The molecule has 0 aromatic heterocycles. The molecule has 374 valence electrons. The number of rotatable bonds is 12. The molecule has 0 aliphatic heterocycles. The van der Waals surface area contributed by atoms with Crippen LogP contribution in [0.5, 0.6) is 0 Å². The zero-order chi connectivity index (χ0) is 46.1. The van der Waals surface area contributed by atoms with E-state index in [0.717, 1.165) is 34.0 Å². The van der Waals surface area contributed by atoms with Crippen molar-refractivity contribution in [3.8, 4) is 0 Å². The summed E-state index contributed by atoms with van der Waals surface area (Å²) in [6, 6.07) is 28.8. The normalized spacial score (nSPS) is 20.9. The molecule has 0 amide bonds. The maximum absolute atomic E-state index is 2.46. The van der Waals surface area contributed by atoms with Crippen molar-refractivity contribution in [2.45, 2.75) is 227 Å². The molecule has 9 rings (SSSR count). The molecule has 0 heterocycles. The summed E-state index contributed by atoms with van der Waals surface area (Å²) in [4.78, 5) is 6.65. The molecule has 67 heavy (non-hydrogen) atoms. The maximum atomic E-state index is 2.46. The van der Waals surface area contributed by atoms with E-state index in [-0.39, 0.29) is 43.2 Å². The van der Waals surface area contributed by atoms with Crippen LogP contribution in [0.4, 0.5) is 17.1 Å². The van der Waals surface area contributed by atoms with E-state index < -0.39 is 0 Å². The molecule has 6 aliphatic carbocycles. The largest absolute Gasteiger partial charge is 0.378 e. The fourth-order valence-corrected chi connectivity index (χ4v) is 24.4. The Labute approximate surface area is 430 Å². The second-order valence-corrected chi connectivity index (χ2v) is 30.6. The van der Waals surface area contributed by atoms with Crippen LogP contribution in [0, 0.1) is 0 Å². The van der Waals surface area contributed by atoms with E-state index in [1.165, 1.54) is 210 Å². The van der Waals surface area contributed by atoms with Crippen molar-refractivity contribution in [1.82, 2.24) is 0 Å². The number of nitrogens with zero attached hydrogens (tertiary/aromatic N) is 3. The molecule has 6 fully saturated rings. The number of hydrogen-bond acceptors (Lipinski definition) is 3. The Balaban J connectivity index is 0.000000165. The summed E-state index contributed by atoms with van der Waals surface area (Å²) in [6.07, 6.45) is 44.6. The Kier molecular flexibility index (Phi) is 24.3. The molecule has 0 N–H and O–H groups in total. The first-order valence-electron chi connectivity index (χ1n) is 27.9. The van der Waals surface area contributed by atoms with E-state index in [0.29, 0.717) is 0 Å². The molecule has 3 aromatic rings. The molecule has 0 unspecified atom stereocenters. The van der Waals surface area contributed by atoms with Gasteiger partial charge in [0.25, 0.3) is 0 Å². The maximum Gasteiger partial charge on any atom is 0.0361 e. The molecule has 3 nitrogen and oxygen atoms in total. The Morgan fingerprint density at radius 1 is 0.254 bits per heavy atom. The first-order chi connectivity index (χ1) is 32.3. The Morgan fingerprint density at radius 2 is 0.403 bits per heavy atom. The van der Waals surface area contributed by atoms with Gasteiger partial charge in [0.15, 0.2) is 0 Å². The third-order valence-electron chi connectivity index (χ3n) is 16.8. The van der Waals surface area contributed by atoms with Gasteiger partial charge in [-0.15, -0.1) is 0 Å². The molecular weight excluding hydrogens is 957 g/mol. The SMILES string of the molecule is CN(C)c1ccc(P(C2CCCCC2)C2CCCCC2)cc1.CN(C)c1ccc(P(C2CCCCC2)C2CCCCC2)cc1.CN(C)c1ccc(P(C2CCCCC2)C2CCCCC2)cc1.[Ru]. The van der Waals surface area contributed by atoms with Crippen LogP contribution in [-0.4, -0.2) is 76.2 Å². The number of benzene rings is 3. The van der Waals surface area contributed by atoms with Gasteiger partial charge in [-0.1, -0.05) is 176 Å². The summed E-state index contributed by atoms with van der Waals surface area (Å²) in [7, 11) is 13.0. The van der Waals surface area contributed by atoms with Crippen LogP contribution in [-0.2, 0) is 19.5 Å². The van der Waals surface area contributed by atoms with Crippen molar-refractivity contribution in [3.05, 3.63) is 72.8 Å². The standard InChI is InChI=1S/3C20H32NP.Ru/c3*1-21(2)17-13-15-20(16-14-17)22(18-9-5-3-6-10-18)19-11-7-4-8-12-19;/h3*13-16,18-19H,3-12H2,1-2H3;. The van der Waals surface area contributed by atoms with Crippen LogP contribution in [0.15, 0.2) is 72.8 Å². The van der Waals surface area contributed by atoms with Gasteiger partial charge in [0.1, 0.15) is 0 Å². The van der Waals surface area contributed by atoms with Gasteiger partial charge in [0.05, 0.1) is 0 Å². The van der Waals surface area contributed by atoms with Gasteiger partial charge in [-0.3, -0.25) is 0 Å². The zero-order valence-corrected chi connectivity index (χ0v) is 48.1. The van der Waals surface area contributed by atoms with E-state index in [1.54, 1.807) is 15.9 Å². The fraction of sp³-hybridized carbons (Fsp3) is 0.700. The first-order valence-corrected chi connectivity index (χ1v) is 32.4. The molecule has 0 bridgehead atoms. The first kappa shape index (κ1) is 55.3. The Bertz CT molecular complexity index is 1490. The predicted molar refractivity (Wildman–Crippen MR) is 303 cm³/mol. The Morgan fingerprint density at radius 3 is 0.537 bits per heavy atom. The molecule has 0 spiro atoms. The average molecular weight is 1050 g/mol. The molecule has 6 aliphatic rings. The molecular formula is C60H96N3P3Ru. The summed E-state index contributed by atoms with van der Waals surface area (Å²) in [6.45, 7) is 0. The number of anilines is 3. The quantitative estimate of drug-likeness (QED) is 0.132. The van der Waals surface area contributed by atoms with Gasteiger partial charge >= 0.3 is 0 Å². The van der Waals surface area contributed by atoms with Crippen LogP contribution < -0.4 is 30.6 Å². The van der Waals surface area contributed by atoms with Crippen LogP contribution in [0.25, 0.3) is 0 Å². The average Bonchev–Trinajstić information content (AvgIpc) is 3.37. The van der Waals surface area contributed by atoms with Crippen molar-refractivity contribution in [2.75, 3.05) is 57.0 Å². The van der Waals surface area contributed by atoms with Crippen LogP contribution in [0.2, 0.25) is 0 Å². The van der Waals surface area contributed by atoms with Crippen LogP contribution in [0.1, 0.15) is 193 Å². The van der Waals surface area contributed by atoms with Gasteiger partial charge in [-0.2, -0.15) is 0 Å². The van der Waals surface area contributed by atoms with Crippen LogP contribution in [0.3, 0.4) is 0 Å². The number of hydrogen-bond donors (Lipinski definition) is 0. The minimum absolute atomic E-state index is 0. The van der Waals surface area contributed by atoms with Gasteiger partial charge in [-0.25, -0.2) is 0 Å². The van der Waals surface area contributed by atoms with E-state index in [9.17, 15) is 0 Å². The van der Waals surface area contributed by atoms with Gasteiger partial charge in [0.2, 0.25) is 0 Å². The third kappa shape index (κ3) is 16.5. The van der Waals surface area contributed by atoms with Gasteiger partial charge in [-0.05, 0) is 163 Å². The molecule has 0 atom stereocenters. The smallest absolute Gasteiger partial charge is 0.0361 e. The third-order valence-corrected chi connectivity index (χ3v) is 27.3. The van der Waals surface area contributed by atoms with E-state index >= 15 is 0 Å². The van der Waals surface area contributed by atoms with Crippen molar-refractivity contribution in [2.24, 2.45) is 0 Å². The van der Waals surface area contributed by atoms with Gasteiger partial charge < -0.3 is 14.7 Å². The topological polar surface area (TPSA) is 9.72 Å². The van der Waals surface area contributed by atoms with Crippen molar-refractivity contribution >= 4 is 56.7 Å². The van der Waals surface area contributed by atoms with E-state index in [4.69, 9.17) is 0 Å². The minimum Gasteiger partial charge on any atom is -0.378 e. The molecule has 0 radical (unpaired) electrons. The summed E-state index contributed by atoms with van der Waals surface area (Å²) in [5.41, 5.74) is 10.1. The zero-order valence-electron chi connectivity index (χ0n) is 43.6. The predicted octanol–water partition coefficient (Wildman–Crippen LogP) is 16.6. The van der Waals surface area contributed by atoms with Crippen molar-refractivity contribution in [3.63, 3.8) is 0 Å². The second kappa shape index (κ2) is 29.5. The monoisotopic (exact) mass is 1050 g/mol. The van der Waals surface area contributed by atoms with Crippen molar-refractivity contribution < 1.29 is 19.5 Å². The fourth-order valence-electron chi connectivity index (χ4n) is 13.1. The summed E-state index contributed by atoms with van der Waals surface area (Å²) in [5, 5.41) is 5.08. The second-order valence-electron chi connectivity index (χ2n) is 22.2. The minimum atomic E-state index is 0. The molecule has 6 saturated carbocycles. The summed E-state index contributed by atoms with van der Waals surface area (Å²) in [5.74, 6) is 0. The molecule has 7 heteroatoms. The van der Waals surface area contributed by atoms with Crippen molar-refractivity contribution in [1.29, 1.82) is 0 Å². The van der Waals surface area contributed by atoms with Crippen LogP contribution >= 0.6 is 23.8 Å². The summed E-state index contributed by atoms with van der Waals surface area (Å²) >= 11 is 0. The van der Waals surface area contributed by atoms with E-state index in [1.807, 2.05) is 0 Å². The summed E-state index contributed by atoms with van der Waals surface area (Å²) < 4.78 is 0.